The van der Waals surface area contributed by atoms with Gasteiger partial charge in [-0.1, -0.05) is 11.6 Å². The van der Waals surface area contributed by atoms with Crippen LogP contribution in [0.15, 0.2) is 18.2 Å². The summed E-state index contributed by atoms with van der Waals surface area (Å²) in [7, 11) is 1.43. The molecule has 1 aromatic rings. The summed E-state index contributed by atoms with van der Waals surface area (Å²) in [5.41, 5.74) is 0.376. The van der Waals surface area contributed by atoms with Gasteiger partial charge in [0.05, 0.1) is 18.7 Å². The van der Waals surface area contributed by atoms with Crippen LogP contribution >= 0.6 is 11.6 Å². The number of ether oxygens (including phenoxy) is 1. The lowest BCUT2D eigenvalue weighted by Crippen LogP contribution is -2.45. The van der Waals surface area contributed by atoms with Crippen LogP contribution in [0.4, 0.5) is 10.5 Å². The van der Waals surface area contributed by atoms with E-state index in [0.717, 1.165) is 0 Å². The molecule has 0 aliphatic heterocycles. The van der Waals surface area contributed by atoms with Crippen LogP contribution in [-0.4, -0.2) is 42.0 Å². The molecule has 104 valence electrons. The molecular formula is C11H13ClN2O5. The lowest BCUT2D eigenvalue weighted by Gasteiger charge is -2.13. The van der Waals surface area contributed by atoms with Gasteiger partial charge in [0.2, 0.25) is 0 Å². The molecule has 0 aliphatic carbocycles. The summed E-state index contributed by atoms with van der Waals surface area (Å²) in [5, 5.41) is 22.3. The molecule has 7 nitrogen and oxygen atoms in total. The van der Waals surface area contributed by atoms with Crippen LogP contribution in [0.25, 0.3) is 0 Å². The summed E-state index contributed by atoms with van der Waals surface area (Å²) in [4.78, 5) is 22.1. The maximum atomic E-state index is 11.5. The molecule has 19 heavy (non-hydrogen) atoms. The molecule has 0 heterocycles. The number of carboxylic acids is 1. The van der Waals surface area contributed by atoms with Gasteiger partial charge in [0, 0.05) is 11.8 Å². The number of benzene rings is 1. The summed E-state index contributed by atoms with van der Waals surface area (Å²) < 4.78 is 4.97. The van der Waals surface area contributed by atoms with Crippen molar-refractivity contribution in [3.05, 3.63) is 23.2 Å². The van der Waals surface area contributed by atoms with E-state index >= 15 is 0 Å². The molecule has 1 atom stereocenters. The van der Waals surface area contributed by atoms with E-state index in [0.29, 0.717) is 16.5 Å². The Bertz CT molecular complexity index is 480. The largest absolute Gasteiger partial charge is 0.495 e. The zero-order valence-electron chi connectivity index (χ0n) is 10.0. The van der Waals surface area contributed by atoms with E-state index in [1.165, 1.54) is 25.3 Å². The highest BCUT2D eigenvalue weighted by Gasteiger charge is 2.18. The van der Waals surface area contributed by atoms with Crippen molar-refractivity contribution in [2.75, 3.05) is 19.0 Å². The number of hydrogen-bond acceptors (Lipinski definition) is 4. The maximum absolute atomic E-state index is 11.5. The second kappa shape index (κ2) is 6.81. The number of aliphatic carboxylic acids is 1. The van der Waals surface area contributed by atoms with Gasteiger partial charge in [-0.3, -0.25) is 0 Å². The summed E-state index contributed by atoms with van der Waals surface area (Å²) in [5.74, 6) is -0.956. The number of carbonyl (C=O) groups is 2. The van der Waals surface area contributed by atoms with E-state index in [4.69, 9.17) is 26.6 Å². The Morgan fingerprint density at radius 3 is 2.68 bits per heavy atom. The number of rotatable bonds is 5. The van der Waals surface area contributed by atoms with E-state index < -0.39 is 24.6 Å². The van der Waals surface area contributed by atoms with Gasteiger partial charge >= 0.3 is 12.0 Å². The fourth-order valence-corrected chi connectivity index (χ4v) is 1.44. The first-order chi connectivity index (χ1) is 8.97. The van der Waals surface area contributed by atoms with Gasteiger partial charge in [0.25, 0.3) is 0 Å². The Hall–Kier alpha value is -1.99. The Labute approximate surface area is 114 Å². The number of halogens is 1. The summed E-state index contributed by atoms with van der Waals surface area (Å²) in [6.45, 7) is -0.702. The number of carboxylic acid groups (broad SMARTS) is 1. The number of urea groups is 1. The number of aliphatic hydroxyl groups is 1. The number of aliphatic hydroxyl groups excluding tert-OH is 1. The molecule has 0 saturated carbocycles. The van der Waals surface area contributed by atoms with E-state index in [-0.39, 0.29) is 0 Å². The summed E-state index contributed by atoms with van der Waals surface area (Å²) in [6, 6.07) is 2.41. The Morgan fingerprint density at radius 2 is 2.16 bits per heavy atom. The molecule has 0 aromatic heterocycles. The third-order valence-electron chi connectivity index (χ3n) is 2.19. The topological polar surface area (TPSA) is 108 Å². The third-order valence-corrected chi connectivity index (χ3v) is 2.51. The summed E-state index contributed by atoms with van der Waals surface area (Å²) >= 11 is 5.82. The Morgan fingerprint density at radius 1 is 1.47 bits per heavy atom. The maximum Gasteiger partial charge on any atom is 0.328 e. The summed E-state index contributed by atoms with van der Waals surface area (Å²) in [6.07, 6.45) is 0. The van der Waals surface area contributed by atoms with Crippen LogP contribution in [0, 0.1) is 0 Å². The van der Waals surface area contributed by atoms with Gasteiger partial charge in [-0.2, -0.15) is 0 Å². The van der Waals surface area contributed by atoms with Crippen molar-refractivity contribution >= 4 is 29.3 Å². The smallest absolute Gasteiger partial charge is 0.328 e. The van der Waals surface area contributed by atoms with Gasteiger partial charge in [-0.15, -0.1) is 0 Å². The quantitative estimate of drug-likeness (QED) is 0.644. The normalized spacial score (nSPS) is 11.5. The van der Waals surface area contributed by atoms with Crippen molar-refractivity contribution in [1.29, 1.82) is 0 Å². The van der Waals surface area contributed by atoms with Gasteiger partial charge in [0.15, 0.2) is 6.04 Å². The highest BCUT2D eigenvalue weighted by atomic mass is 35.5. The van der Waals surface area contributed by atoms with Gasteiger partial charge in [-0.25, -0.2) is 9.59 Å². The molecule has 1 aromatic carbocycles. The fourth-order valence-electron chi connectivity index (χ4n) is 1.25. The average Bonchev–Trinajstić information content (AvgIpc) is 2.37. The molecule has 2 amide bonds. The highest BCUT2D eigenvalue weighted by Crippen LogP contribution is 2.27. The third kappa shape index (κ3) is 4.31. The first kappa shape index (κ1) is 15.1. The lowest BCUT2D eigenvalue weighted by molar-refractivity contribution is -0.140. The second-order valence-electron chi connectivity index (χ2n) is 3.52. The van der Waals surface area contributed by atoms with Crippen LogP contribution < -0.4 is 15.4 Å². The number of hydrogen-bond donors (Lipinski definition) is 4. The van der Waals surface area contributed by atoms with Crippen LogP contribution in [-0.2, 0) is 4.79 Å². The van der Waals surface area contributed by atoms with Crippen LogP contribution in [0.1, 0.15) is 0 Å². The monoisotopic (exact) mass is 288 g/mol. The predicted molar refractivity (Wildman–Crippen MR) is 68.7 cm³/mol. The second-order valence-corrected chi connectivity index (χ2v) is 3.93. The number of methoxy groups -OCH3 is 1. The minimum absolute atomic E-state index is 0.372. The molecule has 8 heteroatoms. The Kier molecular flexibility index (Phi) is 5.40. The highest BCUT2D eigenvalue weighted by molar-refractivity contribution is 6.32. The molecule has 0 unspecified atom stereocenters. The zero-order valence-corrected chi connectivity index (χ0v) is 10.8. The van der Waals surface area contributed by atoms with Crippen LogP contribution in [0.3, 0.4) is 0 Å². The minimum atomic E-state index is -1.37. The van der Waals surface area contributed by atoms with E-state index in [9.17, 15) is 9.59 Å². The molecular weight excluding hydrogens is 276 g/mol. The molecule has 0 fully saturated rings. The van der Waals surface area contributed by atoms with Gasteiger partial charge < -0.3 is 25.6 Å². The lowest BCUT2D eigenvalue weighted by atomic mass is 10.3. The first-order valence-electron chi connectivity index (χ1n) is 5.22. The van der Waals surface area contributed by atoms with Crippen molar-refractivity contribution in [2.45, 2.75) is 6.04 Å². The average molecular weight is 289 g/mol. The molecule has 0 aliphatic rings. The first-order valence-corrected chi connectivity index (χ1v) is 5.60. The molecule has 1 rings (SSSR count). The standard InChI is InChI=1S/C11H13ClN2O5/c1-19-9-4-6(2-3-7(9)12)13-11(18)14-8(5-15)10(16)17/h2-4,8,15H,5H2,1H3,(H,16,17)(H2,13,14,18)/t8-/m0/s1. The fraction of sp³-hybridized carbons (Fsp3) is 0.273. The molecule has 0 bridgehead atoms. The minimum Gasteiger partial charge on any atom is -0.495 e. The van der Waals surface area contributed by atoms with E-state index in [1.54, 1.807) is 0 Å². The predicted octanol–water partition coefficient (Wildman–Crippen LogP) is 0.916. The number of carbonyl (C=O) groups excluding carboxylic acids is 1. The van der Waals surface area contributed by atoms with Crippen molar-refractivity contribution in [3.63, 3.8) is 0 Å². The molecule has 0 saturated heterocycles. The van der Waals surface area contributed by atoms with E-state index in [2.05, 4.69) is 10.6 Å². The van der Waals surface area contributed by atoms with Gasteiger partial charge in [-0.05, 0) is 12.1 Å². The number of anilines is 1. The number of nitrogens with one attached hydrogen (secondary N) is 2. The zero-order chi connectivity index (χ0) is 14.4. The van der Waals surface area contributed by atoms with Crippen LogP contribution in [0.5, 0.6) is 5.75 Å². The molecule has 4 N–H and O–H groups in total. The van der Waals surface area contributed by atoms with Crippen molar-refractivity contribution in [1.82, 2.24) is 5.32 Å². The van der Waals surface area contributed by atoms with Gasteiger partial charge in [0.1, 0.15) is 5.75 Å². The van der Waals surface area contributed by atoms with Crippen molar-refractivity contribution in [3.8, 4) is 5.75 Å². The van der Waals surface area contributed by atoms with E-state index in [1.807, 2.05) is 0 Å². The molecule has 0 radical (unpaired) electrons. The SMILES string of the molecule is COc1cc(NC(=O)N[C@@H](CO)C(=O)O)ccc1Cl. The van der Waals surface area contributed by atoms with Crippen molar-refractivity contribution in [2.24, 2.45) is 0 Å². The van der Waals surface area contributed by atoms with Crippen molar-refractivity contribution < 1.29 is 24.5 Å². The molecule has 0 spiro atoms. The van der Waals surface area contributed by atoms with Crippen LogP contribution in [0.2, 0.25) is 5.02 Å². The Balaban J connectivity index is 2.69. The number of amides is 2.